The first-order valence-corrected chi connectivity index (χ1v) is 10.0. The van der Waals surface area contributed by atoms with Crippen LogP contribution in [0.25, 0.3) is 0 Å². The Balaban J connectivity index is 1.23. The summed E-state index contributed by atoms with van der Waals surface area (Å²) < 4.78 is 0. The van der Waals surface area contributed by atoms with Crippen LogP contribution < -0.4 is 5.32 Å². The third kappa shape index (κ3) is 3.32. The predicted octanol–water partition coefficient (Wildman–Crippen LogP) is 1.63. The van der Waals surface area contributed by atoms with Crippen LogP contribution in [0.5, 0.6) is 0 Å². The lowest BCUT2D eigenvalue weighted by Gasteiger charge is -2.31. The Bertz CT molecular complexity index is 489. The zero-order chi connectivity index (χ0) is 16.5. The maximum Gasteiger partial charge on any atom is 0.225 e. The Morgan fingerprint density at radius 3 is 2.67 bits per heavy atom. The van der Waals surface area contributed by atoms with Gasteiger partial charge < -0.3 is 15.1 Å². The maximum absolute atomic E-state index is 12.4. The minimum Gasteiger partial charge on any atom is -0.355 e. The number of nitrogens with one attached hydrogen (secondary N) is 1. The fourth-order valence-electron chi connectivity index (χ4n) is 5.49. The van der Waals surface area contributed by atoms with Gasteiger partial charge in [0.05, 0.1) is 5.92 Å². The summed E-state index contributed by atoms with van der Waals surface area (Å²) in [5, 5.41) is 3.08. The van der Waals surface area contributed by atoms with Crippen LogP contribution in [0, 0.1) is 17.8 Å². The van der Waals surface area contributed by atoms with E-state index in [1.807, 2.05) is 0 Å². The minimum absolute atomic E-state index is 0.0889. The zero-order valence-corrected chi connectivity index (χ0v) is 14.7. The Hall–Kier alpha value is -1.10. The molecule has 0 aromatic carbocycles. The third-order valence-corrected chi connectivity index (χ3v) is 6.81. The van der Waals surface area contributed by atoms with Gasteiger partial charge in [0.1, 0.15) is 0 Å². The van der Waals surface area contributed by atoms with Gasteiger partial charge in [0.2, 0.25) is 11.8 Å². The van der Waals surface area contributed by atoms with Crippen LogP contribution in [-0.2, 0) is 9.59 Å². The molecule has 0 spiro atoms. The van der Waals surface area contributed by atoms with Gasteiger partial charge in [-0.15, -0.1) is 0 Å². The number of piperidine rings is 1. The Morgan fingerprint density at radius 1 is 1.12 bits per heavy atom. The molecule has 2 saturated carbocycles. The molecule has 2 aliphatic carbocycles. The van der Waals surface area contributed by atoms with Gasteiger partial charge in [-0.3, -0.25) is 9.59 Å². The van der Waals surface area contributed by atoms with Crippen LogP contribution in [0.4, 0.5) is 0 Å². The molecule has 2 amide bonds. The summed E-state index contributed by atoms with van der Waals surface area (Å²) in [5.74, 6) is 1.72. The van der Waals surface area contributed by atoms with Crippen LogP contribution >= 0.6 is 0 Å². The molecule has 4 rings (SSSR count). The van der Waals surface area contributed by atoms with E-state index in [1.54, 1.807) is 0 Å². The number of carbonyl (C=O) groups excluding carboxylic acids is 2. The molecular formula is C19H31N3O2. The Morgan fingerprint density at radius 2 is 1.96 bits per heavy atom. The first-order chi connectivity index (χ1) is 11.7. The van der Waals surface area contributed by atoms with E-state index in [4.69, 9.17) is 0 Å². The molecule has 2 aliphatic heterocycles. The fraction of sp³-hybridized carbons (Fsp3) is 0.895. The van der Waals surface area contributed by atoms with Crippen LogP contribution in [-0.4, -0.2) is 60.4 Å². The van der Waals surface area contributed by atoms with Gasteiger partial charge in [-0.05, 0) is 57.0 Å². The monoisotopic (exact) mass is 333 g/mol. The van der Waals surface area contributed by atoms with Crippen molar-refractivity contribution in [1.82, 2.24) is 15.1 Å². The molecular weight excluding hydrogens is 302 g/mol. The number of carbonyl (C=O) groups is 2. The number of nitrogens with zero attached hydrogens (tertiary/aromatic N) is 2. The van der Waals surface area contributed by atoms with Crippen molar-refractivity contribution in [2.45, 2.75) is 57.4 Å². The molecule has 4 atom stereocenters. The molecule has 4 unspecified atom stereocenters. The average Bonchev–Trinajstić information content (AvgIpc) is 3.30. The number of amides is 2. The number of hydrogen-bond acceptors (Lipinski definition) is 3. The summed E-state index contributed by atoms with van der Waals surface area (Å²) in [6.45, 7) is 4.65. The lowest BCUT2D eigenvalue weighted by molar-refractivity contribution is -0.131. The summed E-state index contributed by atoms with van der Waals surface area (Å²) in [6, 6.07) is 0.433. The van der Waals surface area contributed by atoms with Crippen molar-refractivity contribution in [2.24, 2.45) is 17.8 Å². The molecule has 2 heterocycles. The van der Waals surface area contributed by atoms with Gasteiger partial charge in [0.25, 0.3) is 0 Å². The number of hydrogen-bond donors (Lipinski definition) is 1. The second-order valence-electron chi connectivity index (χ2n) is 8.38. The summed E-state index contributed by atoms with van der Waals surface area (Å²) >= 11 is 0. The minimum atomic E-state index is -0.127. The molecule has 2 bridgehead atoms. The highest BCUT2D eigenvalue weighted by Crippen LogP contribution is 2.47. The normalized spacial score (nSPS) is 36.5. The van der Waals surface area contributed by atoms with E-state index in [0.29, 0.717) is 24.9 Å². The smallest absolute Gasteiger partial charge is 0.225 e. The van der Waals surface area contributed by atoms with Gasteiger partial charge in [0, 0.05) is 32.1 Å². The van der Waals surface area contributed by atoms with E-state index in [9.17, 15) is 9.59 Å². The van der Waals surface area contributed by atoms with Crippen LogP contribution in [0.1, 0.15) is 51.4 Å². The first kappa shape index (κ1) is 16.4. The Labute approximate surface area is 145 Å². The first-order valence-electron chi connectivity index (χ1n) is 10.0. The lowest BCUT2D eigenvalue weighted by atomic mass is 9.94. The van der Waals surface area contributed by atoms with E-state index < -0.39 is 0 Å². The van der Waals surface area contributed by atoms with Crippen molar-refractivity contribution in [3.05, 3.63) is 0 Å². The molecule has 1 N–H and O–H groups in total. The van der Waals surface area contributed by atoms with Crippen molar-refractivity contribution in [2.75, 3.05) is 32.7 Å². The summed E-state index contributed by atoms with van der Waals surface area (Å²) in [4.78, 5) is 29.3. The highest BCUT2D eigenvalue weighted by atomic mass is 16.2. The molecule has 5 heteroatoms. The van der Waals surface area contributed by atoms with Crippen LogP contribution in [0.15, 0.2) is 0 Å². The fourth-order valence-corrected chi connectivity index (χ4v) is 5.49. The number of likely N-dealkylation sites (tertiary alicyclic amines) is 2. The molecule has 2 saturated heterocycles. The summed E-state index contributed by atoms with van der Waals surface area (Å²) in [6.07, 6.45) is 9.44. The largest absolute Gasteiger partial charge is 0.355 e. The summed E-state index contributed by atoms with van der Waals surface area (Å²) in [7, 11) is 0. The molecule has 24 heavy (non-hydrogen) atoms. The van der Waals surface area contributed by atoms with Crippen molar-refractivity contribution in [1.29, 1.82) is 0 Å². The van der Waals surface area contributed by atoms with Crippen LogP contribution in [0.3, 0.4) is 0 Å². The molecule has 0 aromatic heterocycles. The maximum atomic E-state index is 12.4. The van der Waals surface area contributed by atoms with Crippen molar-refractivity contribution in [3.63, 3.8) is 0 Å². The second kappa shape index (κ2) is 7.03. The van der Waals surface area contributed by atoms with Crippen molar-refractivity contribution >= 4 is 11.8 Å². The molecule has 0 radical (unpaired) electrons. The standard InChI is InChI=1S/C19H31N3O2/c23-18-12-16(13-22(18)17-11-14-4-5-15(17)10-14)19(24)20-6-9-21-7-2-1-3-8-21/h14-17H,1-13H2,(H,20,24). The molecule has 0 aromatic rings. The van der Waals surface area contributed by atoms with Gasteiger partial charge in [-0.1, -0.05) is 12.8 Å². The van der Waals surface area contributed by atoms with E-state index >= 15 is 0 Å². The van der Waals surface area contributed by atoms with E-state index in [1.165, 1.54) is 44.9 Å². The highest BCUT2D eigenvalue weighted by Gasteiger charge is 2.47. The van der Waals surface area contributed by atoms with E-state index in [-0.39, 0.29) is 17.7 Å². The van der Waals surface area contributed by atoms with Crippen LogP contribution in [0.2, 0.25) is 0 Å². The third-order valence-electron chi connectivity index (χ3n) is 6.81. The second-order valence-corrected chi connectivity index (χ2v) is 8.38. The number of rotatable bonds is 5. The quantitative estimate of drug-likeness (QED) is 0.832. The predicted molar refractivity (Wildman–Crippen MR) is 92.4 cm³/mol. The van der Waals surface area contributed by atoms with Gasteiger partial charge in [-0.2, -0.15) is 0 Å². The SMILES string of the molecule is O=C(NCCN1CCCCC1)C1CC(=O)N(C2CC3CCC2C3)C1. The average molecular weight is 333 g/mol. The molecule has 134 valence electrons. The molecule has 5 nitrogen and oxygen atoms in total. The van der Waals surface area contributed by atoms with Crippen molar-refractivity contribution in [3.8, 4) is 0 Å². The lowest BCUT2D eigenvalue weighted by Crippen LogP contribution is -2.42. The van der Waals surface area contributed by atoms with Gasteiger partial charge in [0.15, 0.2) is 0 Å². The Kier molecular flexibility index (Phi) is 4.79. The molecule has 4 aliphatic rings. The zero-order valence-electron chi connectivity index (χ0n) is 14.7. The van der Waals surface area contributed by atoms with Crippen molar-refractivity contribution < 1.29 is 9.59 Å². The topological polar surface area (TPSA) is 52.7 Å². The highest BCUT2D eigenvalue weighted by molar-refractivity contribution is 5.89. The van der Waals surface area contributed by atoms with Gasteiger partial charge >= 0.3 is 0 Å². The van der Waals surface area contributed by atoms with Gasteiger partial charge in [-0.25, -0.2) is 0 Å². The number of fused-ring (bicyclic) bond motifs is 2. The van der Waals surface area contributed by atoms with E-state index in [2.05, 4.69) is 15.1 Å². The molecule has 4 fully saturated rings. The summed E-state index contributed by atoms with van der Waals surface area (Å²) in [5.41, 5.74) is 0. The van der Waals surface area contributed by atoms with E-state index in [0.717, 1.165) is 32.1 Å².